The highest BCUT2D eigenvalue weighted by molar-refractivity contribution is 6.45. The zero-order valence-corrected chi connectivity index (χ0v) is 10.6. The Bertz CT molecular complexity index is 567. The first-order valence-corrected chi connectivity index (χ1v) is 5.76. The van der Waals surface area contributed by atoms with E-state index in [1.54, 1.807) is 24.5 Å². The standard InChI is InChI=1S/C13H9Cl2NO/c1-8(17)10-2-3-11(13(15)12(10)14)9-4-6-16-7-5-9/h2-7H,1H3. The second kappa shape index (κ2) is 4.86. The van der Waals surface area contributed by atoms with Gasteiger partial charge in [-0.1, -0.05) is 29.3 Å². The summed E-state index contributed by atoms with van der Waals surface area (Å²) < 4.78 is 0. The number of ketones is 1. The molecule has 0 atom stereocenters. The lowest BCUT2D eigenvalue weighted by Crippen LogP contribution is -1.94. The maximum absolute atomic E-state index is 11.3. The van der Waals surface area contributed by atoms with Crippen molar-refractivity contribution in [2.75, 3.05) is 0 Å². The van der Waals surface area contributed by atoms with E-state index in [4.69, 9.17) is 23.2 Å². The predicted octanol–water partition coefficient (Wildman–Crippen LogP) is 4.26. The van der Waals surface area contributed by atoms with Gasteiger partial charge in [0.05, 0.1) is 10.0 Å². The molecule has 0 N–H and O–H groups in total. The van der Waals surface area contributed by atoms with Gasteiger partial charge in [-0.15, -0.1) is 0 Å². The zero-order chi connectivity index (χ0) is 12.4. The molecule has 2 nitrogen and oxygen atoms in total. The van der Waals surface area contributed by atoms with Crippen molar-refractivity contribution in [3.63, 3.8) is 0 Å². The Morgan fingerprint density at radius 2 is 1.71 bits per heavy atom. The van der Waals surface area contributed by atoms with Gasteiger partial charge < -0.3 is 0 Å². The van der Waals surface area contributed by atoms with Gasteiger partial charge in [0, 0.05) is 23.5 Å². The lowest BCUT2D eigenvalue weighted by atomic mass is 10.0. The van der Waals surface area contributed by atoms with Crippen molar-refractivity contribution in [1.82, 2.24) is 4.98 Å². The quantitative estimate of drug-likeness (QED) is 0.760. The van der Waals surface area contributed by atoms with E-state index in [0.29, 0.717) is 15.6 Å². The molecule has 1 heterocycles. The Labute approximate surface area is 109 Å². The minimum atomic E-state index is -0.0989. The number of carbonyl (C=O) groups is 1. The Morgan fingerprint density at radius 1 is 1.06 bits per heavy atom. The van der Waals surface area contributed by atoms with Gasteiger partial charge in [-0.3, -0.25) is 9.78 Å². The average Bonchev–Trinajstić information content (AvgIpc) is 2.33. The molecule has 0 aliphatic heterocycles. The summed E-state index contributed by atoms with van der Waals surface area (Å²) in [6.45, 7) is 1.46. The van der Waals surface area contributed by atoms with E-state index in [1.807, 2.05) is 12.1 Å². The van der Waals surface area contributed by atoms with Crippen LogP contribution in [0.25, 0.3) is 11.1 Å². The smallest absolute Gasteiger partial charge is 0.161 e. The van der Waals surface area contributed by atoms with Crippen LogP contribution in [0.15, 0.2) is 36.7 Å². The molecule has 4 heteroatoms. The number of aromatic nitrogens is 1. The molecule has 0 bridgehead atoms. The molecule has 86 valence electrons. The lowest BCUT2D eigenvalue weighted by molar-refractivity contribution is 0.101. The van der Waals surface area contributed by atoms with Crippen LogP contribution in [0.5, 0.6) is 0 Å². The minimum Gasteiger partial charge on any atom is -0.294 e. The zero-order valence-electron chi connectivity index (χ0n) is 9.08. The molecule has 0 radical (unpaired) electrons. The van der Waals surface area contributed by atoms with E-state index in [9.17, 15) is 4.79 Å². The molecule has 1 aromatic carbocycles. The summed E-state index contributed by atoms with van der Waals surface area (Å²) in [4.78, 5) is 15.3. The molecule has 0 unspecified atom stereocenters. The van der Waals surface area contributed by atoms with E-state index in [2.05, 4.69) is 4.98 Å². The number of benzene rings is 1. The number of halogens is 2. The Balaban J connectivity index is 2.60. The Kier molecular flexibility index (Phi) is 3.46. The van der Waals surface area contributed by atoms with Gasteiger partial charge >= 0.3 is 0 Å². The number of hydrogen-bond acceptors (Lipinski definition) is 2. The molecule has 17 heavy (non-hydrogen) atoms. The summed E-state index contributed by atoms with van der Waals surface area (Å²) in [6, 6.07) is 7.16. The summed E-state index contributed by atoms with van der Waals surface area (Å²) in [5.74, 6) is -0.0989. The van der Waals surface area contributed by atoms with Crippen molar-refractivity contribution in [3.8, 4) is 11.1 Å². The monoisotopic (exact) mass is 265 g/mol. The van der Waals surface area contributed by atoms with Crippen molar-refractivity contribution < 1.29 is 4.79 Å². The number of pyridine rings is 1. The maximum Gasteiger partial charge on any atom is 0.161 e. The van der Waals surface area contributed by atoms with Crippen molar-refractivity contribution in [2.45, 2.75) is 6.92 Å². The molecule has 0 saturated carbocycles. The van der Waals surface area contributed by atoms with Gasteiger partial charge in [-0.2, -0.15) is 0 Å². The fourth-order valence-corrected chi connectivity index (χ4v) is 2.15. The van der Waals surface area contributed by atoms with Crippen LogP contribution in [-0.4, -0.2) is 10.8 Å². The first-order chi connectivity index (χ1) is 8.11. The molecular formula is C13H9Cl2NO. The van der Waals surface area contributed by atoms with E-state index in [1.165, 1.54) is 6.92 Å². The summed E-state index contributed by atoms with van der Waals surface area (Å²) in [6.07, 6.45) is 3.36. The first-order valence-electron chi connectivity index (χ1n) is 5.00. The molecule has 2 rings (SSSR count). The molecule has 0 aliphatic carbocycles. The number of carbonyl (C=O) groups excluding carboxylic acids is 1. The van der Waals surface area contributed by atoms with Gasteiger partial charge in [-0.25, -0.2) is 0 Å². The van der Waals surface area contributed by atoms with Crippen LogP contribution in [0, 0.1) is 0 Å². The highest BCUT2D eigenvalue weighted by atomic mass is 35.5. The summed E-state index contributed by atoms with van der Waals surface area (Å²) >= 11 is 12.2. The molecule has 0 fully saturated rings. The second-order valence-electron chi connectivity index (χ2n) is 3.58. The van der Waals surface area contributed by atoms with Crippen LogP contribution in [0.1, 0.15) is 17.3 Å². The van der Waals surface area contributed by atoms with Crippen LogP contribution < -0.4 is 0 Å². The number of nitrogens with zero attached hydrogens (tertiary/aromatic N) is 1. The van der Waals surface area contributed by atoms with Crippen LogP contribution >= 0.6 is 23.2 Å². The second-order valence-corrected chi connectivity index (χ2v) is 4.34. The third kappa shape index (κ3) is 2.33. The molecule has 0 amide bonds. The summed E-state index contributed by atoms with van der Waals surface area (Å²) in [7, 11) is 0. The van der Waals surface area contributed by atoms with Crippen molar-refractivity contribution in [2.24, 2.45) is 0 Å². The fraction of sp³-hybridized carbons (Fsp3) is 0.0769. The van der Waals surface area contributed by atoms with Crippen molar-refractivity contribution >= 4 is 29.0 Å². The molecule has 1 aromatic heterocycles. The SMILES string of the molecule is CC(=O)c1ccc(-c2ccncc2)c(Cl)c1Cl. The Morgan fingerprint density at radius 3 is 2.29 bits per heavy atom. The predicted molar refractivity (Wildman–Crippen MR) is 69.7 cm³/mol. The van der Waals surface area contributed by atoms with E-state index in [0.717, 1.165) is 11.1 Å². The fourth-order valence-electron chi connectivity index (χ4n) is 1.58. The van der Waals surface area contributed by atoms with Crippen LogP contribution in [0.2, 0.25) is 10.0 Å². The van der Waals surface area contributed by atoms with Gasteiger partial charge in [0.1, 0.15) is 0 Å². The lowest BCUT2D eigenvalue weighted by Gasteiger charge is -2.08. The molecular weight excluding hydrogens is 257 g/mol. The van der Waals surface area contributed by atoms with Crippen LogP contribution in [0.4, 0.5) is 0 Å². The maximum atomic E-state index is 11.3. The average molecular weight is 266 g/mol. The molecule has 0 aliphatic rings. The first kappa shape index (κ1) is 12.1. The Hall–Kier alpha value is -1.38. The number of rotatable bonds is 2. The van der Waals surface area contributed by atoms with Gasteiger partial charge in [0.25, 0.3) is 0 Å². The van der Waals surface area contributed by atoms with Crippen molar-refractivity contribution in [3.05, 3.63) is 52.3 Å². The van der Waals surface area contributed by atoms with E-state index >= 15 is 0 Å². The topological polar surface area (TPSA) is 30.0 Å². The molecule has 0 saturated heterocycles. The van der Waals surface area contributed by atoms with Crippen molar-refractivity contribution in [1.29, 1.82) is 0 Å². The minimum absolute atomic E-state index is 0.0989. The summed E-state index contributed by atoms with van der Waals surface area (Å²) in [5.41, 5.74) is 2.15. The van der Waals surface area contributed by atoms with E-state index in [-0.39, 0.29) is 5.78 Å². The molecule has 2 aromatic rings. The normalized spacial score (nSPS) is 10.3. The highest BCUT2D eigenvalue weighted by Crippen LogP contribution is 2.35. The van der Waals surface area contributed by atoms with Gasteiger partial charge in [0.2, 0.25) is 0 Å². The molecule has 0 spiro atoms. The van der Waals surface area contributed by atoms with Gasteiger partial charge in [-0.05, 0) is 30.7 Å². The highest BCUT2D eigenvalue weighted by Gasteiger charge is 2.13. The van der Waals surface area contributed by atoms with Crippen LogP contribution in [-0.2, 0) is 0 Å². The van der Waals surface area contributed by atoms with Gasteiger partial charge in [0.15, 0.2) is 5.78 Å². The van der Waals surface area contributed by atoms with Crippen LogP contribution in [0.3, 0.4) is 0 Å². The number of Topliss-reactive ketones (excluding diaryl/α,β-unsaturated/α-hetero) is 1. The van der Waals surface area contributed by atoms with E-state index < -0.39 is 0 Å². The summed E-state index contributed by atoms with van der Waals surface area (Å²) in [5, 5.41) is 0.694. The third-order valence-electron chi connectivity index (χ3n) is 2.45. The third-order valence-corrected chi connectivity index (χ3v) is 3.33. The number of hydrogen-bond donors (Lipinski definition) is 0. The largest absolute Gasteiger partial charge is 0.294 e.